The van der Waals surface area contributed by atoms with Gasteiger partial charge in [0.2, 0.25) is 15.9 Å². The maximum atomic E-state index is 13.7. The molecule has 11 heteroatoms. The molecule has 1 saturated heterocycles. The molecule has 2 aromatic carbocycles. The van der Waals surface area contributed by atoms with Crippen LogP contribution in [-0.2, 0) is 29.5 Å². The summed E-state index contributed by atoms with van der Waals surface area (Å²) in [6.07, 6.45) is 3.26. The molecule has 3 aromatic rings. The van der Waals surface area contributed by atoms with Crippen molar-refractivity contribution in [1.82, 2.24) is 19.5 Å². The van der Waals surface area contributed by atoms with Crippen molar-refractivity contribution < 1.29 is 27.5 Å². The first-order chi connectivity index (χ1) is 19.1. The fourth-order valence-corrected chi connectivity index (χ4v) is 7.15. The van der Waals surface area contributed by atoms with E-state index in [1.54, 1.807) is 33.1 Å². The van der Waals surface area contributed by atoms with Crippen molar-refractivity contribution >= 4 is 15.9 Å². The van der Waals surface area contributed by atoms with Crippen molar-refractivity contribution in [3.05, 3.63) is 76.5 Å². The van der Waals surface area contributed by atoms with Crippen LogP contribution in [0, 0.1) is 13.8 Å². The Labute approximate surface area is 235 Å². The van der Waals surface area contributed by atoms with E-state index in [2.05, 4.69) is 27.3 Å². The second kappa shape index (κ2) is 11.7. The van der Waals surface area contributed by atoms with Gasteiger partial charge in [-0.2, -0.15) is 4.31 Å². The van der Waals surface area contributed by atoms with Gasteiger partial charge in [-0.3, -0.25) is 9.69 Å². The number of benzene rings is 2. The van der Waals surface area contributed by atoms with Crippen LogP contribution in [0.2, 0.25) is 0 Å². The van der Waals surface area contributed by atoms with Crippen molar-refractivity contribution in [1.29, 1.82) is 0 Å². The monoisotopic (exact) mass is 568 g/mol. The van der Waals surface area contributed by atoms with Crippen LogP contribution in [0.15, 0.2) is 52.0 Å². The number of likely N-dealkylation sites (tertiary alicyclic amines) is 1. The number of amides is 1. The molecular weight excluding hydrogens is 532 g/mol. The molecule has 2 fully saturated rings. The van der Waals surface area contributed by atoms with Gasteiger partial charge >= 0.3 is 0 Å². The number of ether oxygens (including phenoxy) is 1. The Bertz CT molecular complexity index is 1440. The lowest BCUT2D eigenvalue weighted by Crippen LogP contribution is -2.49. The molecule has 0 radical (unpaired) electrons. The van der Waals surface area contributed by atoms with Crippen LogP contribution < -0.4 is 10.1 Å². The van der Waals surface area contributed by atoms with Crippen LogP contribution in [0.1, 0.15) is 51.5 Å². The number of aryl methyl sites for hydroxylation is 2. The summed E-state index contributed by atoms with van der Waals surface area (Å²) in [6, 6.07) is 11.5. The Kier molecular flexibility index (Phi) is 8.27. The van der Waals surface area contributed by atoms with Crippen molar-refractivity contribution in [2.45, 2.75) is 63.2 Å². The SMILES string of the molecule is COc1cc(C)c(S(=O)(=O)N(Cc2nc(C(=O)NCCc3ccc(CN4CC(O)C4)cc3)co2)C2CC2)c(C)c1. The Hall–Kier alpha value is -3.25. The number of β-amino-alcohol motifs (C(OH)–C–C–N with tert-alkyl or cyclic N) is 1. The molecule has 1 aliphatic carbocycles. The van der Waals surface area contributed by atoms with Crippen LogP contribution in [0.25, 0.3) is 0 Å². The van der Waals surface area contributed by atoms with Crippen LogP contribution in [0.3, 0.4) is 0 Å². The highest BCUT2D eigenvalue weighted by atomic mass is 32.2. The third kappa shape index (κ3) is 6.38. The zero-order valence-electron chi connectivity index (χ0n) is 23.1. The predicted octanol–water partition coefficient (Wildman–Crippen LogP) is 2.80. The van der Waals surface area contributed by atoms with Gasteiger partial charge in [0.05, 0.1) is 24.7 Å². The number of nitrogens with zero attached hydrogens (tertiary/aromatic N) is 3. The summed E-state index contributed by atoms with van der Waals surface area (Å²) in [5.74, 6) is 0.413. The number of hydrogen-bond donors (Lipinski definition) is 2. The smallest absolute Gasteiger partial charge is 0.273 e. The van der Waals surface area contributed by atoms with E-state index in [1.807, 2.05) is 12.1 Å². The van der Waals surface area contributed by atoms with E-state index in [4.69, 9.17) is 9.15 Å². The fraction of sp³-hybridized carbons (Fsp3) is 0.448. The number of carbonyl (C=O) groups is 1. The summed E-state index contributed by atoms with van der Waals surface area (Å²) in [6.45, 7) is 6.15. The number of aliphatic hydroxyl groups excluding tert-OH is 1. The van der Waals surface area contributed by atoms with Gasteiger partial charge < -0.3 is 19.6 Å². The second-order valence-electron chi connectivity index (χ2n) is 10.7. The summed E-state index contributed by atoms with van der Waals surface area (Å²) >= 11 is 0. The molecule has 1 aromatic heterocycles. The highest BCUT2D eigenvalue weighted by molar-refractivity contribution is 7.89. The lowest BCUT2D eigenvalue weighted by atomic mass is 10.1. The zero-order valence-corrected chi connectivity index (χ0v) is 23.9. The quantitative estimate of drug-likeness (QED) is 0.342. The maximum absolute atomic E-state index is 13.7. The zero-order chi connectivity index (χ0) is 28.4. The lowest BCUT2D eigenvalue weighted by Gasteiger charge is -2.35. The van der Waals surface area contributed by atoms with E-state index in [-0.39, 0.29) is 41.1 Å². The van der Waals surface area contributed by atoms with Crippen molar-refractivity contribution in [2.75, 3.05) is 26.7 Å². The number of hydrogen-bond acceptors (Lipinski definition) is 8. The number of oxazole rings is 1. The highest BCUT2D eigenvalue weighted by Gasteiger charge is 2.40. The first-order valence-corrected chi connectivity index (χ1v) is 15.0. The van der Waals surface area contributed by atoms with E-state index >= 15 is 0 Å². The number of aliphatic hydroxyl groups is 1. The first-order valence-electron chi connectivity index (χ1n) is 13.5. The Morgan fingerprint density at radius 3 is 2.40 bits per heavy atom. The normalized spacial score (nSPS) is 16.2. The summed E-state index contributed by atoms with van der Waals surface area (Å²) < 4.78 is 39.7. The molecule has 40 heavy (non-hydrogen) atoms. The number of rotatable bonds is 12. The molecule has 0 unspecified atom stereocenters. The summed E-state index contributed by atoms with van der Waals surface area (Å²) in [5, 5.41) is 12.3. The molecular formula is C29H36N4O6S. The molecule has 1 aliphatic heterocycles. The third-order valence-electron chi connectivity index (χ3n) is 7.33. The maximum Gasteiger partial charge on any atom is 0.273 e. The van der Waals surface area contributed by atoms with E-state index in [0.717, 1.165) is 24.9 Å². The average molecular weight is 569 g/mol. The van der Waals surface area contributed by atoms with Crippen LogP contribution in [-0.4, -0.2) is 72.5 Å². The van der Waals surface area contributed by atoms with E-state index in [9.17, 15) is 18.3 Å². The summed E-state index contributed by atoms with van der Waals surface area (Å²) in [5.41, 5.74) is 3.63. The minimum Gasteiger partial charge on any atom is -0.497 e. The third-order valence-corrected chi connectivity index (χ3v) is 9.54. The summed E-state index contributed by atoms with van der Waals surface area (Å²) in [7, 11) is -2.27. The van der Waals surface area contributed by atoms with Crippen molar-refractivity contribution in [3.8, 4) is 5.75 Å². The van der Waals surface area contributed by atoms with Crippen LogP contribution >= 0.6 is 0 Å². The minimum absolute atomic E-state index is 0.0477. The standard InChI is InChI=1S/C29H36N4O6S/c1-19-12-25(38-3)13-20(2)28(19)40(36,37)33(23-8-9-23)17-27-31-26(18-39-27)29(35)30-11-10-21-4-6-22(7-5-21)14-32-15-24(34)16-32/h4-7,12-13,18,23-24,34H,8-11,14-17H2,1-3H3,(H,30,35). The second-order valence-corrected chi connectivity index (χ2v) is 12.5. The Balaban J connectivity index is 1.17. The molecule has 2 N–H and O–H groups in total. The Morgan fingerprint density at radius 2 is 1.80 bits per heavy atom. The number of carbonyl (C=O) groups excluding carboxylic acids is 1. The number of sulfonamides is 1. The molecule has 1 saturated carbocycles. The van der Waals surface area contributed by atoms with Crippen LogP contribution in [0.5, 0.6) is 5.75 Å². The topological polar surface area (TPSA) is 125 Å². The van der Waals surface area contributed by atoms with Crippen molar-refractivity contribution in [2.24, 2.45) is 0 Å². The molecule has 2 aliphatic rings. The van der Waals surface area contributed by atoms with Gasteiger partial charge in [-0.1, -0.05) is 24.3 Å². The lowest BCUT2D eigenvalue weighted by molar-refractivity contribution is -0.00286. The number of methoxy groups -OCH3 is 1. The van der Waals surface area contributed by atoms with Gasteiger partial charge in [-0.15, -0.1) is 0 Å². The summed E-state index contributed by atoms with van der Waals surface area (Å²) in [4.78, 5) is 19.4. The molecule has 10 nitrogen and oxygen atoms in total. The largest absolute Gasteiger partial charge is 0.497 e. The van der Waals surface area contributed by atoms with E-state index in [0.29, 0.717) is 42.9 Å². The van der Waals surface area contributed by atoms with E-state index in [1.165, 1.54) is 16.1 Å². The van der Waals surface area contributed by atoms with Crippen molar-refractivity contribution in [3.63, 3.8) is 0 Å². The van der Waals surface area contributed by atoms with Gasteiger partial charge in [-0.25, -0.2) is 13.4 Å². The van der Waals surface area contributed by atoms with Gasteiger partial charge in [0.15, 0.2) is 5.69 Å². The fourth-order valence-electron chi connectivity index (χ4n) is 5.10. The first kappa shape index (κ1) is 28.3. The van der Waals surface area contributed by atoms with Crippen LogP contribution in [0.4, 0.5) is 0 Å². The molecule has 2 heterocycles. The number of nitrogens with one attached hydrogen (secondary N) is 1. The average Bonchev–Trinajstić information content (AvgIpc) is 3.62. The molecule has 1 amide bonds. The molecule has 5 rings (SSSR count). The number of aromatic nitrogens is 1. The van der Waals surface area contributed by atoms with Gasteiger partial charge in [-0.05, 0) is 67.5 Å². The van der Waals surface area contributed by atoms with Gasteiger partial charge in [0.25, 0.3) is 5.91 Å². The predicted molar refractivity (Wildman–Crippen MR) is 148 cm³/mol. The molecule has 0 atom stereocenters. The Morgan fingerprint density at radius 1 is 1.15 bits per heavy atom. The van der Waals surface area contributed by atoms with E-state index < -0.39 is 10.0 Å². The minimum atomic E-state index is -3.83. The van der Waals surface area contributed by atoms with Gasteiger partial charge in [0.1, 0.15) is 12.0 Å². The molecule has 0 spiro atoms. The molecule has 0 bridgehead atoms. The van der Waals surface area contributed by atoms with Gasteiger partial charge in [0, 0.05) is 32.2 Å². The molecule has 214 valence electrons. The highest BCUT2D eigenvalue weighted by Crippen LogP contribution is 2.36.